The van der Waals surface area contributed by atoms with Gasteiger partial charge in [-0.2, -0.15) is 0 Å². The molecule has 9 heteroatoms. The maximum atomic E-state index is 15.2. The largest absolute Gasteiger partial charge is 0.497 e. The molecule has 2 aliphatic heterocycles. The molecule has 3 atom stereocenters. The van der Waals surface area contributed by atoms with Crippen LogP contribution >= 0.6 is 11.8 Å². The molecule has 6 aromatic carbocycles. The van der Waals surface area contributed by atoms with Crippen molar-refractivity contribution in [2.24, 2.45) is 0 Å². The normalized spacial score (nSPS) is 18.9. The maximum Gasteiger partial charge on any atom is 0.244 e. The Hall–Kier alpha value is -6.03. The number of benzene rings is 6. The predicted molar refractivity (Wildman–Crippen MR) is 211 cm³/mol. The van der Waals surface area contributed by atoms with Crippen molar-refractivity contribution in [3.8, 4) is 5.75 Å². The Labute approximate surface area is 318 Å². The number of methoxy groups -OCH3 is 1. The molecule has 54 heavy (non-hydrogen) atoms. The Kier molecular flexibility index (Phi) is 8.81. The molecule has 2 aliphatic rings. The minimum Gasteiger partial charge on any atom is -0.497 e. The third-order valence-corrected chi connectivity index (χ3v) is 12.6. The molecule has 2 saturated heterocycles. The van der Waals surface area contributed by atoms with E-state index in [9.17, 15) is 0 Å². The van der Waals surface area contributed by atoms with Crippen molar-refractivity contribution in [3.63, 3.8) is 0 Å². The molecule has 0 aliphatic carbocycles. The predicted octanol–water partition coefficient (Wildman–Crippen LogP) is 7.58. The number of nitrogens with one attached hydrogen (secondary N) is 1. The first kappa shape index (κ1) is 33.8. The number of nitrogens with zero attached hydrogens (tertiary/aromatic N) is 5. The van der Waals surface area contributed by atoms with Gasteiger partial charge in [-0.05, 0) is 55.9 Å². The van der Waals surface area contributed by atoms with Gasteiger partial charge in [0.15, 0.2) is 5.82 Å². The van der Waals surface area contributed by atoms with Crippen LogP contribution in [0.25, 0.3) is 0 Å². The second kappa shape index (κ2) is 14.1. The molecule has 1 N–H and O–H groups in total. The highest BCUT2D eigenvalue weighted by Gasteiger charge is 2.68. The first-order valence-corrected chi connectivity index (χ1v) is 19.0. The molecule has 1 aromatic heterocycles. The second-order valence-corrected chi connectivity index (χ2v) is 15.0. The summed E-state index contributed by atoms with van der Waals surface area (Å²) in [7, 11) is 1.66. The summed E-state index contributed by atoms with van der Waals surface area (Å²) in [4.78, 5) is 17.2. The van der Waals surface area contributed by atoms with Crippen LogP contribution in [0, 0.1) is 0 Å². The van der Waals surface area contributed by atoms with E-state index < -0.39 is 22.4 Å². The average molecular weight is 727 g/mol. The minimum absolute atomic E-state index is 0.00240. The van der Waals surface area contributed by atoms with Crippen LogP contribution in [0.1, 0.15) is 45.2 Å². The number of carbonyl (C=O) groups is 1. The number of hydrogen-bond donors (Lipinski definition) is 1. The van der Waals surface area contributed by atoms with Crippen LogP contribution in [0.2, 0.25) is 0 Å². The summed E-state index contributed by atoms with van der Waals surface area (Å²) in [6.45, 7) is 0.431. The zero-order chi connectivity index (χ0) is 36.5. The van der Waals surface area contributed by atoms with Crippen molar-refractivity contribution in [3.05, 3.63) is 215 Å². The number of ether oxygens (including phenoxy) is 1. The number of aromatic nitrogens is 4. The number of thioether (sulfide) groups is 1. The zero-order valence-electron chi connectivity index (χ0n) is 29.6. The van der Waals surface area contributed by atoms with Crippen molar-refractivity contribution >= 4 is 17.7 Å². The van der Waals surface area contributed by atoms with Crippen LogP contribution in [0.4, 0.5) is 0 Å². The Bertz CT molecular complexity index is 2210. The first-order valence-electron chi connectivity index (χ1n) is 18.1. The van der Waals surface area contributed by atoms with Gasteiger partial charge in [0.25, 0.3) is 0 Å². The summed E-state index contributed by atoms with van der Waals surface area (Å²) in [5.74, 6) is 1.40. The lowest BCUT2D eigenvalue weighted by Crippen LogP contribution is -2.70. The van der Waals surface area contributed by atoms with Crippen molar-refractivity contribution in [1.82, 2.24) is 30.4 Å². The fourth-order valence-corrected chi connectivity index (χ4v) is 10.2. The van der Waals surface area contributed by atoms with Gasteiger partial charge in [0, 0.05) is 0 Å². The maximum absolute atomic E-state index is 15.2. The Morgan fingerprint density at radius 1 is 0.685 bits per heavy atom. The average Bonchev–Trinajstić information content (AvgIpc) is 3.84. The molecule has 0 spiro atoms. The Balaban J connectivity index is 1.21. The Morgan fingerprint density at radius 3 is 1.65 bits per heavy atom. The summed E-state index contributed by atoms with van der Waals surface area (Å²) >= 11 is 1.80. The molecular weight excluding hydrogens is 689 g/mol. The quantitative estimate of drug-likeness (QED) is 0.109. The molecule has 9 rings (SSSR count). The van der Waals surface area contributed by atoms with Gasteiger partial charge in [-0.25, -0.2) is 4.68 Å². The SMILES string of the molecule is COc1ccc(Cn2nnnc2C2N3C(=O)C(NC(c4ccccc4)(c4ccccc4)c4ccccc4)[C@@H]3SC2(c2ccccc2)c2ccccc2)cc1. The van der Waals surface area contributed by atoms with Gasteiger partial charge in [0.2, 0.25) is 5.91 Å². The number of carbonyl (C=O) groups excluding carboxylic acids is 1. The Morgan fingerprint density at radius 2 is 1.17 bits per heavy atom. The summed E-state index contributed by atoms with van der Waals surface area (Å²) in [5, 5.41) is 17.2. The summed E-state index contributed by atoms with van der Waals surface area (Å²) in [6.07, 6.45) is 0. The smallest absolute Gasteiger partial charge is 0.244 e. The fraction of sp³-hybridized carbons (Fsp3) is 0.156. The lowest BCUT2D eigenvalue weighted by molar-refractivity contribution is -0.150. The molecule has 0 saturated carbocycles. The van der Waals surface area contributed by atoms with Crippen molar-refractivity contribution < 1.29 is 9.53 Å². The van der Waals surface area contributed by atoms with E-state index in [2.05, 4.69) is 137 Å². The summed E-state index contributed by atoms with van der Waals surface area (Å²) in [5.41, 5.74) is 5.49. The molecule has 2 unspecified atom stereocenters. The van der Waals surface area contributed by atoms with E-state index in [1.807, 2.05) is 64.2 Å². The molecule has 0 radical (unpaired) electrons. The second-order valence-electron chi connectivity index (χ2n) is 13.6. The van der Waals surface area contributed by atoms with Crippen LogP contribution in [-0.2, 0) is 21.6 Å². The van der Waals surface area contributed by atoms with E-state index >= 15 is 4.79 Å². The van der Waals surface area contributed by atoms with Crippen LogP contribution in [0.3, 0.4) is 0 Å². The van der Waals surface area contributed by atoms with Gasteiger partial charge in [-0.15, -0.1) is 16.9 Å². The van der Waals surface area contributed by atoms with Gasteiger partial charge in [-0.3, -0.25) is 10.1 Å². The van der Waals surface area contributed by atoms with Crippen molar-refractivity contribution in [2.45, 2.75) is 34.3 Å². The number of rotatable bonds is 11. The number of amides is 1. The molecule has 266 valence electrons. The van der Waals surface area contributed by atoms with E-state index in [1.54, 1.807) is 18.9 Å². The lowest BCUT2D eigenvalue weighted by Gasteiger charge is -2.49. The van der Waals surface area contributed by atoms with E-state index in [4.69, 9.17) is 9.84 Å². The highest BCUT2D eigenvalue weighted by atomic mass is 32.2. The molecule has 3 heterocycles. The lowest BCUT2D eigenvalue weighted by atomic mass is 9.75. The molecule has 7 aromatic rings. The number of β-lactam (4-membered cyclic amide) rings is 1. The van der Waals surface area contributed by atoms with Gasteiger partial charge in [-0.1, -0.05) is 164 Å². The van der Waals surface area contributed by atoms with Crippen LogP contribution in [0.5, 0.6) is 5.75 Å². The van der Waals surface area contributed by atoms with E-state index in [1.165, 1.54) is 0 Å². The standard InChI is InChI=1S/C45H38N6O2S/c1-53-38-29-27-32(28-30-38)31-50-41(47-48-49-50)40-45(36-23-13-5-14-24-36,37-25-15-6-16-26-37)54-43-39(42(52)51(40)43)46-44(33-17-7-2-8-18-33,34-19-9-3-10-20-34)35-21-11-4-12-22-35/h2-30,39-40,43,46H,31H2,1H3/t39?,40?,43-/m0/s1. The number of fused-ring (bicyclic) bond motifs is 1. The highest BCUT2D eigenvalue weighted by molar-refractivity contribution is 8.01. The number of tetrazole rings is 1. The highest BCUT2D eigenvalue weighted by Crippen LogP contribution is 2.65. The molecule has 1 amide bonds. The summed E-state index contributed by atoms with van der Waals surface area (Å²) < 4.78 is 6.51. The molecule has 0 bridgehead atoms. The molecule has 8 nitrogen and oxygen atoms in total. The van der Waals surface area contributed by atoms with Gasteiger partial charge < -0.3 is 9.64 Å². The zero-order valence-corrected chi connectivity index (χ0v) is 30.5. The monoisotopic (exact) mass is 726 g/mol. The van der Waals surface area contributed by atoms with Gasteiger partial charge in [0.05, 0.1) is 23.9 Å². The first-order chi connectivity index (χ1) is 26.6. The third-order valence-electron chi connectivity index (χ3n) is 10.7. The third kappa shape index (κ3) is 5.50. The van der Waals surface area contributed by atoms with Crippen molar-refractivity contribution in [2.75, 3.05) is 7.11 Å². The fourth-order valence-electron chi connectivity index (χ4n) is 8.24. The molecule has 2 fully saturated rings. The van der Waals surface area contributed by atoms with E-state index in [-0.39, 0.29) is 11.3 Å². The number of hydrogen-bond acceptors (Lipinski definition) is 7. The van der Waals surface area contributed by atoms with Gasteiger partial charge in [0.1, 0.15) is 23.2 Å². The topological polar surface area (TPSA) is 85.2 Å². The van der Waals surface area contributed by atoms with E-state index in [0.717, 1.165) is 39.1 Å². The van der Waals surface area contributed by atoms with E-state index in [0.29, 0.717) is 12.4 Å². The van der Waals surface area contributed by atoms with Gasteiger partial charge >= 0.3 is 0 Å². The minimum atomic E-state index is -0.826. The van der Waals surface area contributed by atoms with Crippen LogP contribution < -0.4 is 10.1 Å². The van der Waals surface area contributed by atoms with Crippen molar-refractivity contribution in [1.29, 1.82) is 0 Å². The summed E-state index contributed by atoms with van der Waals surface area (Å²) in [6, 6.07) is 59.1. The van der Waals surface area contributed by atoms with Crippen LogP contribution in [-0.4, -0.2) is 49.5 Å². The van der Waals surface area contributed by atoms with Crippen LogP contribution in [0.15, 0.2) is 176 Å². The molecular formula is C45H38N6O2S.